The van der Waals surface area contributed by atoms with E-state index in [0.717, 1.165) is 67.3 Å². The summed E-state index contributed by atoms with van der Waals surface area (Å²) in [6.07, 6.45) is 4.16. The highest BCUT2D eigenvalue weighted by Crippen LogP contribution is 2.33. The van der Waals surface area contributed by atoms with Gasteiger partial charge in [0.25, 0.3) is 5.91 Å². The van der Waals surface area contributed by atoms with Gasteiger partial charge in [-0.2, -0.15) is 0 Å². The van der Waals surface area contributed by atoms with Gasteiger partial charge < -0.3 is 24.3 Å². The number of alkyl halides is 6. The number of aromatic nitrogens is 2. The molecule has 0 bridgehead atoms. The standard InChI is InChI=1S/C16H14.2C15H14.C15H12.C14H13NO.C14H12O.C13H10N2.C13H12O.C9H9F3O2.C8H7F3O/c1-13-3-7-15(8-4-13)11-12-16-9-5-14(2)6-10-16;3*1-13-7-9-15(10-8-13)12-11-14-5-3-2-4-6-14;1-11-7-9-12(10-8-11)14(16)15-13-5-3-2-4-6-13;1-11-7-9-13(10-8-11)14(15)12-5-3-2-4-6-12;1-11-2-4-12(5-3-11)6-7-13-10-14-8-9-15-13;1-11-7-9-13(10-8-11)14-12-5-3-2-4-6-12;1-6-3-4-7(13-2)8(5-6)14-9(10,11)12;1-6-2-4-7(5-3-6)12-8(9,10)11/h3-10H,1-2H3;2*2-12H,1H3;2-10H,1H3;2-10H,1H3,(H,15,16);2-10H,1H3;2-5,8-10H,1H3;2-10H,1H3;3-5H,1-2H3;2-5H,1H3/b;12-11+;;;;;;;;. The molecule has 18 aromatic rings. The molecular formula is C132H117F6N3O6. The van der Waals surface area contributed by atoms with Crippen LogP contribution in [0.4, 0.5) is 32.0 Å². The number of methoxy groups -OCH3 is 1. The summed E-state index contributed by atoms with van der Waals surface area (Å²) < 4.78 is 88.4. The maximum atomic E-state index is 12.0. The van der Waals surface area contributed by atoms with Gasteiger partial charge >= 0.3 is 12.7 Å². The lowest BCUT2D eigenvalue weighted by atomic mass is 10.0. The van der Waals surface area contributed by atoms with Crippen molar-refractivity contribution in [3.05, 3.63) is 595 Å². The van der Waals surface area contributed by atoms with Gasteiger partial charge in [0, 0.05) is 62.6 Å². The molecule has 738 valence electrons. The van der Waals surface area contributed by atoms with E-state index in [1.165, 1.54) is 98.1 Å². The van der Waals surface area contributed by atoms with Crippen LogP contribution in [0.15, 0.2) is 461 Å². The number of anilines is 1. The molecule has 0 saturated carbocycles. The predicted molar refractivity (Wildman–Crippen MR) is 591 cm³/mol. The third-order valence-corrected chi connectivity index (χ3v) is 20.8. The van der Waals surface area contributed by atoms with Crippen LogP contribution < -0.4 is 24.3 Å². The summed E-state index contributed by atoms with van der Waals surface area (Å²) in [4.78, 5) is 31.8. The predicted octanol–water partition coefficient (Wildman–Crippen LogP) is 33.7. The molecule has 15 heteroatoms. The van der Waals surface area contributed by atoms with Gasteiger partial charge in [-0.3, -0.25) is 14.6 Å². The molecule has 0 saturated heterocycles. The second-order valence-corrected chi connectivity index (χ2v) is 33.5. The number of nitrogens with one attached hydrogen (secondary N) is 1. The number of hydrogen-bond acceptors (Lipinski definition) is 8. The molecule has 147 heavy (non-hydrogen) atoms. The van der Waals surface area contributed by atoms with Crippen LogP contribution in [-0.2, 0) is 0 Å². The van der Waals surface area contributed by atoms with E-state index in [0.29, 0.717) is 16.8 Å². The van der Waals surface area contributed by atoms with E-state index in [1.54, 1.807) is 50.6 Å². The number of rotatable bonds is 13. The van der Waals surface area contributed by atoms with Crippen molar-refractivity contribution >= 4 is 41.7 Å². The first-order valence-electron chi connectivity index (χ1n) is 47.2. The number of halogens is 6. The molecular weight excluding hydrogens is 1840 g/mol. The lowest BCUT2D eigenvalue weighted by Crippen LogP contribution is -2.17. The van der Waals surface area contributed by atoms with Crippen molar-refractivity contribution in [2.75, 3.05) is 12.4 Å². The normalized spacial score (nSPS) is 10.1. The highest BCUT2D eigenvalue weighted by Gasteiger charge is 2.33. The highest BCUT2D eigenvalue weighted by molar-refractivity contribution is 6.09. The number of amides is 1. The van der Waals surface area contributed by atoms with Crippen molar-refractivity contribution < 1.29 is 54.9 Å². The fraction of sp³-hybridized carbons (Fsp3) is 0.106. The highest BCUT2D eigenvalue weighted by atomic mass is 19.4. The Hall–Kier alpha value is -18.1. The van der Waals surface area contributed by atoms with Crippen LogP contribution in [0.5, 0.6) is 28.7 Å². The summed E-state index contributed by atoms with van der Waals surface area (Å²) in [7, 11) is 1.29. The third-order valence-electron chi connectivity index (χ3n) is 20.8. The SMILES string of the molecule is COc1ccc(C)cc1OC(F)(F)F.Cc1ccc(/C=C/c2ccccc2)cc1.Cc1ccc(C#Cc2ccc(C)cc2)cc1.Cc1ccc(C#Cc2ccccc2)cc1.Cc1ccc(C#Cc2cnccn2)cc1.Cc1ccc(C(=O)Nc2ccccc2)cc1.Cc1ccc(C(=O)c2ccccc2)cc1.Cc1ccc(C=Cc2ccccc2)cc1.Cc1ccc(OC(F)(F)F)cc1.Cc1ccc(Oc2ccccc2)cc1. The maximum Gasteiger partial charge on any atom is 0.573 e. The summed E-state index contributed by atoms with van der Waals surface area (Å²) in [6, 6.07) is 142. The van der Waals surface area contributed by atoms with E-state index in [1.807, 2.05) is 257 Å². The smallest absolute Gasteiger partial charge is 0.493 e. The van der Waals surface area contributed by atoms with E-state index in [9.17, 15) is 35.9 Å². The van der Waals surface area contributed by atoms with Crippen molar-refractivity contribution in [2.24, 2.45) is 0 Å². The van der Waals surface area contributed by atoms with Gasteiger partial charge in [-0.1, -0.05) is 419 Å². The van der Waals surface area contributed by atoms with Crippen molar-refractivity contribution in [3.63, 3.8) is 0 Å². The van der Waals surface area contributed by atoms with Crippen LogP contribution in [0, 0.1) is 112 Å². The first-order chi connectivity index (χ1) is 70.9. The monoisotopic (exact) mass is 1950 g/mol. The lowest BCUT2D eigenvalue weighted by molar-refractivity contribution is -0.275. The fourth-order valence-electron chi connectivity index (χ4n) is 12.6. The molecule has 1 heterocycles. The zero-order valence-electron chi connectivity index (χ0n) is 84.3. The summed E-state index contributed by atoms with van der Waals surface area (Å²) in [5.41, 5.74) is 26.6. The summed E-state index contributed by atoms with van der Waals surface area (Å²) in [5.74, 6) is 19.9. The molecule has 0 fully saturated rings. The number of carbonyl (C=O) groups excluding carboxylic acids is 2. The average molecular weight is 1960 g/mol. The van der Waals surface area contributed by atoms with Crippen LogP contribution in [0.25, 0.3) is 24.3 Å². The minimum atomic E-state index is -4.69. The fourth-order valence-corrected chi connectivity index (χ4v) is 12.6. The maximum absolute atomic E-state index is 12.0. The Morgan fingerprint density at radius 1 is 0.272 bits per heavy atom. The molecule has 0 radical (unpaired) electrons. The average Bonchev–Trinajstić information content (AvgIpc) is 0.845. The Bertz CT molecular complexity index is 6940. The Labute approximate surface area is 861 Å². The van der Waals surface area contributed by atoms with E-state index in [2.05, 4.69) is 291 Å². The van der Waals surface area contributed by atoms with Crippen molar-refractivity contribution in [1.82, 2.24) is 9.97 Å². The van der Waals surface area contributed by atoms with Gasteiger partial charge in [0.2, 0.25) is 0 Å². The summed E-state index contributed by atoms with van der Waals surface area (Å²) in [5, 5.41) is 2.84. The van der Waals surface area contributed by atoms with E-state index >= 15 is 0 Å². The first kappa shape index (κ1) is 113. The van der Waals surface area contributed by atoms with Gasteiger partial charge in [0.1, 0.15) is 22.9 Å². The quantitative estimate of drug-likeness (QED) is 0.0526. The van der Waals surface area contributed by atoms with Crippen LogP contribution in [0.2, 0.25) is 0 Å². The molecule has 0 atom stereocenters. The van der Waals surface area contributed by atoms with Gasteiger partial charge in [0.05, 0.1) is 13.3 Å². The molecule has 0 unspecified atom stereocenters. The van der Waals surface area contributed by atoms with Crippen molar-refractivity contribution in [1.29, 1.82) is 0 Å². The summed E-state index contributed by atoms with van der Waals surface area (Å²) in [6.45, 7) is 22.0. The Kier molecular flexibility index (Phi) is 47.1. The van der Waals surface area contributed by atoms with Crippen LogP contribution in [0.3, 0.4) is 0 Å². The molecule has 0 aliphatic heterocycles. The van der Waals surface area contributed by atoms with E-state index in [4.69, 9.17) is 9.47 Å². The second kappa shape index (κ2) is 61.6. The molecule has 0 aliphatic carbocycles. The Morgan fingerprint density at radius 3 is 0.918 bits per heavy atom. The zero-order chi connectivity index (χ0) is 105. The molecule has 9 nitrogen and oxygen atoms in total. The number of aryl methyl sites for hydroxylation is 11. The van der Waals surface area contributed by atoms with E-state index < -0.39 is 12.7 Å². The lowest BCUT2D eigenvalue weighted by Gasteiger charge is -2.12. The van der Waals surface area contributed by atoms with Gasteiger partial charge in [0.15, 0.2) is 17.3 Å². The molecule has 0 spiro atoms. The summed E-state index contributed by atoms with van der Waals surface area (Å²) >= 11 is 0. The molecule has 1 aromatic heterocycles. The minimum Gasteiger partial charge on any atom is -0.493 e. The Balaban J connectivity index is 0.000000182. The molecule has 1 amide bonds. The Morgan fingerprint density at radius 2 is 0.558 bits per heavy atom. The number of ketones is 1. The second-order valence-electron chi connectivity index (χ2n) is 33.5. The van der Waals surface area contributed by atoms with E-state index in [-0.39, 0.29) is 28.9 Å². The number of hydrogen-bond donors (Lipinski definition) is 1. The van der Waals surface area contributed by atoms with Gasteiger partial charge in [-0.05, 0) is 243 Å². The largest absolute Gasteiger partial charge is 0.573 e. The molecule has 18 rings (SSSR count). The number of carbonyl (C=O) groups is 2. The number of ether oxygens (including phenoxy) is 4. The third kappa shape index (κ3) is 46.9. The first-order valence-corrected chi connectivity index (χ1v) is 47.2. The number of benzene rings is 17. The van der Waals surface area contributed by atoms with Gasteiger partial charge in [-0.15, -0.1) is 26.3 Å². The minimum absolute atomic E-state index is 0.0629. The zero-order valence-corrected chi connectivity index (χ0v) is 84.3. The molecule has 0 aliphatic rings. The topological polar surface area (TPSA) is 109 Å². The number of nitrogens with zero attached hydrogens (tertiary/aromatic N) is 2. The van der Waals surface area contributed by atoms with Gasteiger partial charge in [-0.25, -0.2) is 4.98 Å². The molecule has 17 aromatic carbocycles. The van der Waals surface area contributed by atoms with Crippen LogP contribution in [0.1, 0.15) is 143 Å². The number of para-hydroxylation sites is 2. The van der Waals surface area contributed by atoms with Crippen molar-refractivity contribution in [2.45, 2.75) is 88.9 Å². The molecule has 1 N–H and O–H groups in total. The van der Waals surface area contributed by atoms with Crippen LogP contribution >= 0.6 is 0 Å². The van der Waals surface area contributed by atoms with Crippen LogP contribution in [-0.4, -0.2) is 41.5 Å². The van der Waals surface area contributed by atoms with Crippen molar-refractivity contribution in [3.8, 4) is 64.3 Å².